The number of furan rings is 1. The van der Waals surface area contributed by atoms with Gasteiger partial charge in [-0.25, -0.2) is 0 Å². The quantitative estimate of drug-likeness (QED) is 0.266. The molecule has 29 heavy (non-hydrogen) atoms. The zero-order valence-electron chi connectivity index (χ0n) is 15.6. The Hall–Kier alpha value is -2.74. The first-order chi connectivity index (χ1) is 14.0. The number of ether oxygens (including phenoxy) is 1. The van der Waals surface area contributed by atoms with Crippen molar-refractivity contribution in [2.24, 2.45) is 0 Å². The van der Waals surface area contributed by atoms with Crippen LogP contribution in [0.1, 0.15) is 5.76 Å². The average Bonchev–Trinajstić information content (AvgIpc) is 3.17. The minimum Gasteiger partial charge on any atom is -0.495 e. The number of halogens is 2. The van der Waals surface area contributed by atoms with Gasteiger partial charge < -0.3 is 19.8 Å². The second-order valence-corrected chi connectivity index (χ2v) is 6.95. The van der Waals surface area contributed by atoms with Gasteiger partial charge in [-0.2, -0.15) is 0 Å². The number of rotatable bonds is 9. The fourth-order valence-electron chi connectivity index (χ4n) is 2.71. The van der Waals surface area contributed by atoms with E-state index in [4.69, 9.17) is 32.4 Å². The summed E-state index contributed by atoms with van der Waals surface area (Å²) in [5.74, 6) is 2.13. The Morgan fingerprint density at radius 2 is 1.90 bits per heavy atom. The molecule has 2 N–H and O–H groups in total. The second-order valence-electron chi connectivity index (χ2n) is 6.14. The van der Waals surface area contributed by atoms with Gasteiger partial charge in [0.25, 0.3) is 5.69 Å². The van der Waals surface area contributed by atoms with Crippen molar-refractivity contribution < 1.29 is 14.1 Å². The molecule has 3 rings (SSSR count). The van der Waals surface area contributed by atoms with Crippen molar-refractivity contribution in [1.29, 1.82) is 0 Å². The van der Waals surface area contributed by atoms with E-state index < -0.39 is 4.92 Å². The van der Waals surface area contributed by atoms with Gasteiger partial charge >= 0.3 is 0 Å². The Balaban J connectivity index is 1.47. The van der Waals surface area contributed by atoms with E-state index in [0.717, 1.165) is 17.1 Å². The van der Waals surface area contributed by atoms with Gasteiger partial charge in [-0.3, -0.25) is 10.1 Å². The number of nitrogens with one attached hydrogen (secondary N) is 2. The lowest BCUT2D eigenvalue weighted by molar-refractivity contribution is -0.384. The van der Waals surface area contributed by atoms with Crippen molar-refractivity contribution in [3.63, 3.8) is 0 Å². The number of non-ortho nitro benzene ring substituents is 1. The molecule has 0 aliphatic heterocycles. The molecule has 0 radical (unpaired) electrons. The highest BCUT2D eigenvalue weighted by atomic mass is 35.5. The highest BCUT2D eigenvalue weighted by Gasteiger charge is 2.10. The van der Waals surface area contributed by atoms with Gasteiger partial charge in [-0.05, 0) is 36.4 Å². The van der Waals surface area contributed by atoms with E-state index in [1.54, 1.807) is 25.3 Å². The minimum absolute atomic E-state index is 0.0366. The summed E-state index contributed by atoms with van der Waals surface area (Å²) in [5, 5.41) is 18.0. The molecule has 0 aliphatic rings. The van der Waals surface area contributed by atoms with Crippen LogP contribution in [0.4, 0.5) is 11.4 Å². The smallest absolute Gasteiger partial charge is 0.271 e. The molecule has 1 heterocycles. The van der Waals surface area contributed by atoms with E-state index in [2.05, 4.69) is 10.6 Å². The highest BCUT2D eigenvalue weighted by Crippen LogP contribution is 2.31. The molecule has 0 spiro atoms. The van der Waals surface area contributed by atoms with Crippen LogP contribution in [0.5, 0.6) is 5.75 Å². The third-order valence-corrected chi connectivity index (χ3v) is 4.79. The largest absolute Gasteiger partial charge is 0.495 e. The number of hydrogen-bond acceptors (Lipinski definition) is 6. The number of benzene rings is 2. The summed E-state index contributed by atoms with van der Waals surface area (Å²) in [5.41, 5.74) is 1.48. The predicted octanol–water partition coefficient (Wildman–Crippen LogP) is 5.37. The summed E-state index contributed by atoms with van der Waals surface area (Å²) in [6.45, 7) is 1.80. The normalized spacial score (nSPS) is 10.7. The zero-order chi connectivity index (χ0) is 20.8. The standard InChI is InChI=1S/C20H19Cl2N3O4/c1-28-20-6-2-13(10-17(20)22)19-7-4-15(29-19)12-23-8-9-24-18-5-3-14(25(26)27)11-16(18)21/h2-7,10-11,23-24H,8-9,12H2,1H3. The lowest BCUT2D eigenvalue weighted by Crippen LogP contribution is -2.21. The highest BCUT2D eigenvalue weighted by molar-refractivity contribution is 6.33. The average molecular weight is 436 g/mol. The van der Waals surface area contributed by atoms with E-state index >= 15 is 0 Å². The maximum Gasteiger partial charge on any atom is 0.271 e. The molecule has 3 aromatic rings. The van der Waals surface area contributed by atoms with E-state index in [1.807, 2.05) is 18.2 Å². The monoisotopic (exact) mass is 435 g/mol. The molecule has 7 nitrogen and oxygen atoms in total. The molecule has 0 unspecified atom stereocenters. The summed E-state index contributed by atoms with van der Waals surface area (Å²) in [6.07, 6.45) is 0. The summed E-state index contributed by atoms with van der Waals surface area (Å²) in [4.78, 5) is 10.3. The Morgan fingerprint density at radius 3 is 2.59 bits per heavy atom. The van der Waals surface area contributed by atoms with E-state index in [0.29, 0.717) is 41.1 Å². The van der Waals surface area contributed by atoms with Crippen molar-refractivity contribution in [1.82, 2.24) is 5.32 Å². The van der Waals surface area contributed by atoms with Crippen molar-refractivity contribution in [2.45, 2.75) is 6.54 Å². The van der Waals surface area contributed by atoms with Gasteiger partial charge in [0.15, 0.2) is 0 Å². The molecular formula is C20H19Cl2N3O4. The number of nitrogens with zero attached hydrogens (tertiary/aromatic N) is 1. The van der Waals surface area contributed by atoms with Crippen LogP contribution in [-0.4, -0.2) is 25.1 Å². The lowest BCUT2D eigenvalue weighted by atomic mass is 10.2. The third kappa shape index (κ3) is 5.41. The van der Waals surface area contributed by atoms with Crippen LogP contribution in [0.25, 0.3) is 11.3 Å². The summed E-state index contributed by atoms with van der Waals surface area (Å²) in [7, 11) is 1.57. The van der Waals surface area contributed by atoms with Gasteiger partial charge in [0, 0.05) is 30.8 Å². The number of nitro groups is 1. The van der Waals surface area contributed by atoms with E-state index in [1.165, 1.54) is 12.1 Å². The molecule has 0 aliphatic carbocycles. The van der Waals surface area contributed by atoms with Crippen LogP contribution < -0.4 is 15.4 Å². The Kier molecular flexibility index (Phi) is 6.98. The van der Waals surface area contributed by atoms with Crippen molar-refractivity contribution in [2.75, 3.05) is 25.5 Å². The molecule has 0 atom stereocenters. The molecule has 0 saturated carbocycles. The molecular weight excluding hydrogens is 417 g/mol. The number of hydrogen-bond donors (Lipinski definition) is 2. The van der Waals surface area contributed by atoms with Gasteiger partial charge in [0.2, 0.25) is 0 Å². The fraction of sp³-hybridized carbons (Fsp3) is 0.200. The number of nitro benzene ring substituents is 1. The molecule has 0 amide bonds. The molecule has 9 heteroatoms. The van der Waals surface area contributed by atoms with Crippen molar-refractivity contribution >= 4 is 34.6 Å². The predicted molar refractivity (Wildman–Crippen MR) is 114 cm³/mol. The van der Waals surface area contributed by atoms with Gasteiger partial charge in [-0.1, -0.05) is 23.2 Å². The molecule has 0 fully saturated rings. The maximum atomic E-state index is 10.7. The van der Waals surface area contributed by atoms with Crippen molar-refractivity contribution in [3.8, 4) is 17.1 Å². The summed E-state index contributed by atoms with van der Waals surface area (Å²) in [6, 6.07) is 13.6. The summed E-state index contributed by atoms with van der Waals surface area (Å²) < 4.78 is 11.0. The first-order valence-electron chi connectivity index (χ1n) is 8.79. The van der Waals surface area contributed by atoms with Gasteiger partial charge in [0.1, 0.15) is 17.3 Å². The van der Waals surface area contributed by atoms with Crippen LogP contribution in [-0.2, 0) is 6.54 Å². The van der Waals surface area contributed by atoms with Crippen molar-refractivity contribution in [3.05, 3.63) is 74.5 Å². The Morgan fingerprint density at radius 1 is 1.07 bits per heavy atom. The Labute approximate surface area is 177 Å². The van der Waals surface area contributed by atoms with E-state index in [9.17, 15) is 10.1 Å². The third-order valence-electron chi connectivity index (χ3n) is 4.18. The van der Waals surface area contributed by atoms with E-state index in [-0.39, 0.29) is 5.69 Å². The summed E-state index contributed by atoms with van der Waals surface area (Å²) >= 11 is 12.2. The first kappa shape index (κ1) is 21.0. The fourth-order valence-corrected chi connectivity index (χ4v) is 3.21. The van der Waals surface area contributed by atoms with Crippen LogP contribution in [0.3, 0.4) is 0 Å². The minimum atomic E-state index is -0.477. The van der Waals surface area contributed by atoms with Gasteiger partial charge in [0.05, 0.1) is 34.3 Å². The first-order valence-corrected chi connectivity index (χ1v) is 9.54. The second kappa shape index (κ2) is 9.65. The molecule has 2 aromatic carbocycles. The molecule has 152 valence electrons. The van der Waals surface area contributed by atoms with Crippen LogP contribution in [0, 0.1) is 10.1 Å². The van der Waals surface area contributed by atoms with Crippen LogP contribution >= 0.6 is 23.2 Å². The molecule has 0 saturated heterocycles. The number of anilines is 1. The topological polar surface area (TPSA) is 89.6 Å². The zero-order valence-corrected chi connectivity index (χ0v) is 17.1. The SMILES string of the molecule is COc1ccc(-c2ccc(CNCCNc3ccc([N+](=O)[O-])cc3Cl)o2)cc1Cl. The van der Waals surface area contributed by atoms with Crippen LogP contribution in [0.2, 0.25) is 10.0 Å². The van der Waals surface area contributed by atoms with Gasteiger partial charge in [-0.15, -0.1) is 0 Å². The molecule has 1 aromatic heterocycles. The maximum absolute atomic E-state index is 10.7. The number of methoxy groups -OCH3 is 1. The Bertz CT molecular complexity index is 1010. The van der Waals surface area contributed by atoms with Crippen LogP contribution in [0.15, 0.2) is 52.9 Å². The molecule has 0 bridgehead atoms. The lowest BCUT2D eigenvalue weighted by Gasteiger charge is -2.08.